The van der Waals surface area contributed by atoms with Crippen LogP contribution in [0.4, 0.5) is 5.69 Å². The topological polar surface area (TPSA) is 55.4 Å². The molecule has 0 aliphatic rings. The molecule has 0 aliphatic heterocycles. The molecule has 0 heterocycles. The van der Waals surface area contributed by atoms with Crippen LogP contribution in [-0.2, 0) is 4.74 Å². The van der Waals surface area contributed by atoms with Crippen LogP contribution in [0.2, 0.25) is 0 Å². The van der Waals surface area contributed by atoms with Gasteiger partial charge in [-0.2, -0.15) is 0 Å². The minimum absolute atomic E-state index is 0.181. The molecule has 0 unspecified atom stereocenters. The molecule has 0 radical (unpaired) electrons. The summed E-state index contributed by atoms with van der Waals surface area (Å²) in [5.41, 5.74) is 2.55. The van der Waals surface area contributed by atoms with Gasteiger partial charge in [0.15, 0.2) is 0 Å². The lowest BCUT2D eigenvalue weighted by atomic mass is 10.1. The first-order valence-corrected chi connectivity index (χ1v) is 8.97. The molecule has 1 N–H and O–H groups in total. The zero-order chi connectivity index (χ0) is 18.2. The number of thioether (sulfide) groups is 1. The Labute approximate surface area is 152 Å². The predicted octanol–water partition coefficient (Wildman–Crippen LogP) is 4.70. The van der Waals surface area contributed by atoms with Gasteiger partial charge in [-0.25, -0.2) is 4.79 Å². The largest absolute Gasteiger partial charge is 0.462 e. The molecule has 0 spiro atoms. The van der Waals surface area contributed by atoms with Gasteiger partial charge in [-0.15, -0.1) is 18.3 Å². The molecule has 0 aliphatic carbocycles. The van der Waals surface area contributed by atoms with Crippen molar-refractivity contribution in [1.82, 2.24) is 0 Å². The molecule has 2 rings (SSSR count). The fraction of sp³-hybridized carbons (Fsp3) is 0.200. The van der Waals surface area contributed by atoms with Crippen LogP contribution in [-0.4, -0.2) is 24.2 Å². The third-order valence-electron chi connectivity index (χ3n) is 3.47. The van der Waals surface area contributed by atoms with E-state index in [2.05, 4.69) is 11.9 Å². The number of aryl methyl sites for hydroxylation is 1. The van der Waals surface area contributed by atoms with Crippen LogP contribution in [0.5, 0.6) is 0 Å². The van der Waals surface area contributed by atoms with Crippen LogP contribution in [0.25, 0.3) is 0 Å². The van der Waals surface area contributed by atoms with Gasteiger partial charge in [-0.3, -0.25) is 4.79 Å². The average molecular weight is 355 g/mol. The van der Waals surface area contributed by atoms with E-state index >= 15 is 0 Å². The zero-order valence-electron chi connectivity index (χ0n) is 14.4. The van der Waals surface area contributed by atoms with Gasteiger partial charge in [-0.05, 0) is 49.7 Å². The standard InChI is InChI=1S/C20H21NO3S/c1-4-12-25-18-9-7-6-8-16(18)19(22)21-17-11-10-15(13-14(17)3)20(23)24-5-2/h4,6-11,13H,1,5,12H2,2-3H3,(H,21,22). The first kappa shape index (κ1) is 18.8. The van der Waals surface area contributed by atoms with Gasteiger partial charge in [-0.1, -0.05) is 18.2 Å². The molecule has 25 heavy (non-hydrogen) atoms. The Morgan fingerprint density at radius 1 is 1.24 bits per heavy atom. The van der Waals surface area contributed by atoms with Crippen LogP contribution in [0.3, 0.4) is 0 Å². The van der Waals surface area contributed by atoms with Gasteiger partial charge in [0, 0.05) is 16.3 Å². The summed E-state index contributed by atoms with van der Waals surface area (Å²) in [6, 6.07) is 12.5. The highest BCUT2D eigenvalue weighted by molar-refractivity contribution is 7.99. The summed E-state index contributed by atoms with van der Waals surface area (Å²) < 4.78 is 4.99. The smallest absolute Gasteiger partial charge is 0.338 e. The average Bonchev–Trinajstić information content (AvgIpc) is 2.62. The van der Waals surface area contributed by atoms with Gasteiger partial charge in [0.1, 0.15) is 0 Å². The SMILES string of the molecule is C=CCSc1ccccc1C(=O)Nc1ccc(C(=O)OCC)cc1C. The molecule has 5 heteroatoms. The number of amides is 1. The number of nitrogens with one attached hydrogen (secondary N) is 1. The fourth-order valence-corrected chi connectivity index (χ4v) is 3.05. The van der Waals surface area contributed by atoms with Crippen LogP contribution in [0, 0.1) is 6.92 Å². The van der Waals surface area contributed by atoms with Gasteiger partial charge in [0.05, 0.1) is 17.7 Å². The van der Waals surface area contributed by atoms with Crippen molar-refractivity contribution in [3.8, 4) is 0 Å². The maximum Gasteiger partial charge on any atom is 0.338 e. The molecule has 2 aromatic carbocycles. The van der Waals surface area contributed by atoms with E-state index < -0.39 is 0 Å². The monoisotopic (exact) mass is 355 g/mol. The van der Waals surface area contributed by atoms with E-state index in [-0.39, 0.29) is 11.9 Å². The van der Waals surface area contributed by atoms with E-state index in [1.54, 1.807) is 49.0 Å². The summed E-state index contributed by atoms with van der Waals surface area (Å²) >= 11 is 1.56. The number of anilines is 1. The van der Waals surface area contributed by atoms with Crippen molar-refractivity contribution in [2.45, 2.75) is 18.7 Å². The van der Waals surface area contributed by atoms with Crippen LogP contribution < -0.4 is 5.32 Å². The first-order valence-electron chi connectivity index (χ1n) is 7.98. The van der Waals surface area contributed by atoms with Crippen molar-refractivity contribution in [3.63, 3.8) is 0 Å². The number of carbonyl (C=O) groups excluding carboxylic acids is 2. The molecule has 0 saturated carbocycles. The number of ether oxygens (including phenoxy) is 1. The Bertz CT molecular complexity index is 786. The van der Waals surface area contributed by atoms with Crippen molar-refractivity contribution in [3.05, 3.63) is 71.8 Å². The number of benzene rings is 2. The Hall–Kier alpha value is -2.53. The van der Waals surface area contributed by atoms with Gasteiger partial charge in [0.25, 0.3) is 5.91 Å². The second-order valence-corrected chi connectivity index (χ2v) is 6.36. The normalized spacial score (nSPS) is 10.2. The van der Waals surface area contributed by atoms with Crippen molar-refractivity contribution in [1.29, 1.82) is 0 Å². The van der Waals surface area contributed by atoms with Crippen LogP contribution >= 0.6 is 11.8 Å². The molecule has 0 bridgehead atoms. The van der Waals surface area contributed by atoms with Gasteiger partial charge in [0.2, 0.25) is 0 Å². The Kier molecular flexibility index (Phi) is 6.83. The summed E-state index contributed by atoms with van der Waals surface area (Å²) in [7, 11) is 0. The number of esters is 1. The zero-order valence-corrected chi connectivity index (χ0v) is 15.2. The van der Waals surface area contributed by atoms with Crippen LogP contribution in [0.15, 0.2) is 60.0 Å². The summed E-state index contributed by atoms with van der Waals surface area (Å²) in [4.78, 5) is 25.3. The van der Waals surface area contributed by atoms with E-state index in [0.29, 0.717) is 23.4 Å². The van der Waals surface area contributed by atoms with Crippen molar-refractivity contribution >= 4 is 29.3 Å². The second kappa shape index (κ2) is 9.08. The molecule has 4 nitrogen and oxygen atoms in total. The van der Waals surface area contributed by atoms with E-state index in [4.69, 9.17) is 4.74 Å². The molecule has 130 valence electrons. The van der Waals surface area contributed by atoms with E-state index in [0.717, 1.165) is 16.2 Å². The Morgan fingerprint density at radius 3 is 2.68 bits per heavy atom. The summed E-state index contributed by atoms with van der Waals surface area (Å²) in [6.45, 7) is 7.64. The quantitative estimate of drug-likeness (QED) is 0.444. The number of hydrogen-bond acceptors (Lipinski definition) is 4. The number of rotatable bonds is 7. The lowest BCUT2D eigenvalue weighted by molar-refractivity contribution is 0.0526. The van der Waals surface area contributed by atoms with Gasteiger partial charge >= 0.3 is 5.97 Å². The Balaban J connectivity index is 2.18. The first-order chi connectivity index (χ1) is 12.1. The van der Waals surface area contributed by atoms with Crippen molar-refractivity contribution < 1.29 is 14.3 Å². The maximum atomic E-state index is 12.6. The molecular weight excluding hydrogens is 334 g/mol. The number of hydrogen-bond donors (Lipinski definition) is 1. The van der Waals surface area contributed by atoms with Gasteiger partial charge < -0.3 is 10.1 Å². The minimum atomic E-state index is -0.366. The molecule has 2 aromatic rings. The molecule has 0 atom stereocenters. The highest BCUT2D eigenvalue weighted by atomic mass is 32.2. The molecule has 0 saturated heterocycles. The Morgan fingerprint density at radius 2 is 2.00 bits per heavy atom. The van der Waals surface area contributed by atoms with E-state index in [9.17, 15) is 9.59 Å². The second-order valence-electron chi connectivity index (χ2n) is 5.30. The van der Waals surface area contributed by atoms with E-state index in [1.807, 2.05) is 25.1 Å². The molecule has 1 amide bonds. The summed E-state index contributed by atoms with van der Waals surface area (Å²) in [5, 5.41) is 2.91. The third-order valence-corrected chi connectivity index (χ3v) is 4.54. The lowest BCUT2D eigenvalue weighted by Gasteiger charge is -2.12. The summed E-state index contributed by atoms with van der Waals surface area (Å²) in [6.07, 6.45) is 1.80. The molecule has 0 aromatic heterocycles. The molecular formula is C20H21NO3S. The number of carbonyl (C=O) groups is 2. The predicted molar refractivity (Wildman–Crippen MR) is 102 cm³/mol. The fourth-order valence-electron chi connectivity index (χ4n) is 2.26. The third kappa shape index (κ3) is 4.97. The minimum Gasteiger partial charge on any atom is -0.462 e. The van der Waals surface area contributed by atoms with E-state index in [1.165, 1.54) is 0 Å². The highest BCUT2D eigenvalue weighted by Gasteiger charge is 2.14. The highest BCUT2D eigenvalue weighted by Crippen LogP contribution is 2.24. The van der Waals surface area contributed by atoms with Crippen LogP contribution in [0.1, 0.15) is 33.2 Å². The lowest BCUT2D eigenvalue weighted by Crippen LogP contribution is -2.14. The molecule has 0 fully saturated rings. The summed E-state index contributed by atoms with van der Waals surface area (Å²) in [5.74, 6) is 0.186. The maximum absolute atomic E-state index is 12.6. The van der Waals surface area contributed by atoms with Crippen molar-refractivity contribution in [2.75, 3.05) is 17.7 Å². The van der Waals surface area contributed by atoms with Crippen molar-refractivity contribution in [2.24, 2.45) is 0 Å².